The highest BCUT2D eigenvalue weighted by Gasteiger charge is 2.00. The summed E-state index contributed by atoms with van der Waals surface area (Å²) in [4.78, 5) is 10.8. The van der Waals surface area contributed by atoms with Crippen molar-refractivity contribution in [1.29, 1.82) is 0 Å². The largest absolute Gasteiger partial charge is 0.494 e. The number of unbranched alkanes of at least 4 members (excludes halogenated alkanes) is 3. The van der Waals surface area contributed by atoms with Gasteiger partial charge in [-0.2, -0.15) is 0 Å². The Hall–Kier alpha value is -2.55. The van der Waals surface area contributed by atoms with Crippen LogP contribution in [0.1, 0.15) is 54.1 Å². The molecule has 0 heterocycles. The molecule has 0 unspecified atom stereocenters. The highest BCUT2D eigenvalue weighted by Crippen LogP contribution is 2.15. The van der Waals surface area contributed by atoms with Crippen molar-refractivity contribution in [2.75, 3.05) is 6.61 Å². The zero-order valence-electron chi connectivity index (χ0n) is 14.1. The van der Waals surface area contributed by atoms with Gasteiger partial charge in [-0.05, 0) is 41.8 Å². The molecule has 0 amide bonds. The molecule has 2 aromatic carbocycles. The number of ether oxygens (including phenoxy) is 1. The van der Waals surface area contributed by atoms with Gasteiger partial charge in [-0.25, -0.2) is 4.79 Å². The first kappa shape index (κ1) is 17.8. The summed E-state index contributed by atoms with van der Waals surface area (Å²) < 4.78 is 5.73. The second-order valence-corrected chi connectivity index (χ2v) is 5.74. The minimum absolute atomic E-state index is 0.299. The Bertz CT molecular complexity index is 654. The lowest BCUT2D eigenvalue weighted by atomic mass is 10.1. The first-order valence-corrected chi connectivity index (χ1v) is 8.43. The summed E-state index contributed by atoms with van der Waals surface area (Å²) in [5, 5.41) is 8.88. The molecule has 0 aliphatic carbocycles. The quantitative estimate of drug-likeness (QED) is 0.488. The van der Waals surface area contributed by atoms with E-state index in [2.05, 4.69) is 6.92 Å². The molecule has 2 aromatic rings. The normalized spacial score (nSPS) is 10.9. The maximum atomic E-state index is 10.8. The average Bonchev–Trinajstić information content (AvgIpc) is 2.61. The molecule has 0 radical (unpaired) electrons. The summed E-state index contributed by atoms with van der Waals surface area (Å²) >= 11 is 0. The highest BCUT2D eigenvalue weighted by atomic mass is 16.5. The number of carboxylic acid groups (broad SMARTS) is 1. The van der Waals surface area contributed by atoms with Gasteiger partial charge in [0.05, 0.1) is 12.2 Å². The summed E-state index contributed by atoms with van der Waals surface area (Å²) in [5.74, 6) is -0.00901. The fourth-order valence-electron chi connectivity index (χ4n) is 2.32. The molecule has 0 fully saturated rings. The molecule has 0 aliphatic heterocycles. The van der Waals surface area contributed by atoms with Gasteiger partial charge in [-0.3, -0.25) is 0 Å². The molecular weight excluding hydrogens is 300 g/mol. The van der Waals surface area contributed by atoms with Crippen molar-refractivity contribution in [2.24, 2.45) is 0 Å². The third kappa shape index (κ3) is 5.92. The summed E-state index contributed by atoms with van der Waals surface area (Å²) in [5.41, 5.74) is 2.35. The number of carboxylic acids is 1. The predicted molar refractivity (Wildman–Crippen MR) is 98.4 cm³/mol. The van der Waals surface area contributed by atoms with Gasteiger partial charge in [-0.15, -0.1) is 0 Å². The Morgan fingerprint density at radius 2 is 1.50 bits per heavy atom. The van der Waals surface area contributed by atoms with E-state index in [-0.39, 0.29) is 0 Å². The monoisotopic (exact) mass is 324 g/mol. The zero-order valence-corrected chi connectivity index (χ0v) is 14.1. The van der Waals surface area contributed by atoms with Gasteiger partial charge in [0.1, 0.15) is 5.75 Å². The number of rotatable bonds is 9. The molecule has 0 atom stereocenters. The van der Waals surface area contributed by atoms with Crippen molar-refractivity contribution >= 4 is 18.1 Å². The molecule has 126 valence electrons. The molecule has 0 spiro atoms. The smallest absolute Gasteiger partial charge is 0.335 e. The maximum Gasteiger partial charge on any atom is 0.335 e. The number of benzene rings is 2. The summed E-state index contributed by atoms with van der Waals surface area (Å²) in [6, 6.07) is 14.8. The van der Waals surface area contributed by atoms with Crippen LogP contribution in [0.2, 0.25) is 0 Å². The molecule has 3 nitrogen and oxygen atoms in total. The minimum Gasteiger partial charge on any atom is -0.494 e. The van der Waals surface area contributed by atoms with Gasteiger partial charge in [0.15, 0.2) is 0 Å². The van der Waals surface area contributed by atoms with Crippen molar-refractivity contribution < 1.29 is 14.6 Å². The lowest BCUT2D eigenvalue weighted by molar-refractivity contribution is 0.0697. The van der Waals surface area contributed by atoms with E-state index in [4.69, 9.17) is 9.84 Å². The van der Waals surface area contributed by atoms with Gasteiger partial charge in [0, 0.05) is 0 Å². The van der Waals surface area contributed by atoms with Crippen LogP contribution in [0.15, 0.2) is 48.5 Å². The summed E-state index contributed by atoms with van der Waals surface area (Å²) in [7, 11) is 0. The number of aromatic carboxylic acids is 1. The van der Waals surface area contributed by atoms with E-state index in [1.54, 1.807) is 24.3 Å². The van der Waals surface area contributed by atoms with E-state index in [0.29, 0.717) is 5.56 Å². The van der Waals surface area contributed by atoms with E-state index < -0.39 is 5.97 Å². The second kappa shape index (κ2) is 9.56. The molecule has 0 saturated carbocycles. The van der Waals surface area contributed by atoms with Gasteiger partial charge >= 0.3 is 5.97 Å². The van der Waals surface area contributed by atoms with E-state index in [1.165, 1.54) is 19.3 Å². The fraction of sp³-hybridized carbons (Fsp3) is 0.286. The van der Waals surface area contributed by atoms with Crippen molar-refractivity contribution in [3.8, 4) is 5.75 Å². The number of hydrogen-bond donors (Lipinski definition) is 1. The van der Waals surface area contributed by atoms with Crippen LogP contribution in [-0.4, -0.2) is 17.7 Å². The van der Waals surface area contributed by atoms with Crippen molar-refractivity contribution in [2.45, 2.75) is 32.6 Å². The van der Waals surface area contributed by atoms with Crippen molar-refractivity contribution in [1.82, 2.24) is 0 Å². The lowest BCUT2D eigenvalue weighted by Crippen LogP contribution is -1.96. The molecule has 3 heteroatoms. The zero-order chi connectivity index (χ0) is 17.2. The second-order valence-electron chi connectivity index (χ2n) is 5.74. The fourth-order valence-corrected chi connectivity index (χ4v) is 2.32. The van der Waals surface area contributed by atoms with Crippen LogP contribution >= 0.6 is 0 Å². The third-order valence-corrected chi connectivity index (χ3v) is 3.77. The van der Waals surface area contributed by atoms with E-state index >= 15 is 0 Å². The first-order chi connectivity index (χ1) is 11.7. The Kier molecular flexibility index (Phi) is 7.09. The SMILES string of the molecule is CCCCCCOc1ccc(C=Cc2ccc(C(=O)O)cc2)cc1. The molecule has 0 aliphatic rings. The Morgan fingerprint density at radius 1 is 0.917 bits per heavy atom. The number of hydrogen-bond acceptors (Lipinski definition) is 2. The lowest BCUT2D eigenvalue weighted by Gasteiger charge is -2.06. The van der Waals surface area contributed by atoms with Crippen LogP contribution in [0, 0.1) is 0 Å². The Labute approximate surface area is 143 Å². The van der Waals surface area contributed by atoms with Crippen LogP contribution < -0.4 is 4.74 Å². The molecule has 0 aromatic heterocycles. The molecule has 0 bridgehead atoms. The Morgan fingerprint density at radius 3 is 2.04 bits per heavy atom. The van der Waals surface area contributed by atoms with Crippen LogP contribution in [0.3, 0.4) is 0 Å². The summed E-state index contributed by atoms with van der Waals surface area (Å²) in [6.45, 7) is 2.97. The molecule has 24 heavy (non-hydrogen) atoms. The predicted octanol–water partition coefficient (Wildman–Crippen LogP) is 5.51. The summed E-state index contributed by atoms with van der Waals surface area (Å²) in [6.07, 6.45) is 8.79. The van der Waals surface area contributed by atoms with Gasteiger partial charge in [-0.1, -0.05) is 62.6 Å². The topological polar surface area (TPSA) is 46.5 Å². The van der Waals surface area contributed by atoms with Gasteiger partial charge in [0.25, 0.3) is 0 Å². The molecule has 0 saturated heterocycles. The van der Waals surface area contributed by atoms with E-state index in [0.717, 1.165) is 29.9 Å². The maximum absolute atomic E-state index is 10.8. The van der Waals surface area contributed by atoms with Crippen LogP contribution in [0.4, 0.5) is 0 Å². The molecular formula is C21H24O3. The van der Waals surface area contributed by atoms with Crippen LogP contribution in [-0.2, 0) is 0 Å². The standard InChI is InChI=1S/C21H24O3/c1-2-3-4-5-16-24-20-14-10-18(11-15-20)7-6-17-8-12-19(13-9-17)21(22)23/h6-15H,2-5,16H2,1H3,(H,22,23). The van der Waals surface area contributed by atoms with Crippen LogP contribution in [0.5, 0.6) is 5.75 Å². The first-order valence-electron chi connectivity index (χ1n) is 8.43. The van der Waals surface area contributed by atoms with Crippen molar-refractivity contribution in [3.05, 3.63) is 65.2 Å². The van der Waals surface area contributed by atoms with Crippen LogP contribution in [0.25, 0.3) is 12.2 Å². The number of carbonyl (C=O) groups is 1. The van der Waals surface area contributed by atoms with E-state index in [1.807, 2.05) is 36.4 Å². The van der Waals surface area contributed by atoms with Crippen molar-refractivity contribution in [3.63, 3.8) is 0 Å². The Balaban J connectivity index is 1.85. The average molecular weight is 324 g/mol. The van der Waals surface area contributed by atoms with Gasteiger partial charge in [0.2, 0.25) is 0 Å². The van der Waals surface area contributed by atoms with E-state index in [9.17, 15) is 4.79 Å². The minimum atomic E-state index is -0.907. The highest BCUT2D eigenvalue weighted by molar-refractivity contribution is 5.88. The molecule has 1 N–H and O–H groups in total. The molecule has 2 rings (SSSR count). The van der Waals surface area contributed by atoms with Gasteiger partial charge < -0.3 is 9.84 Å². The third-order valence-electron chi connectivity index (χ3n) is 3.77.